The lowest BCUT2D eigenvalue weighted by Crippen LogP contribution is -2.49. The molecular weight excluding hydrogens is 307 g/mol. The third-order valence-corrected chi connectivity index (χ3v) is 4.04. The lowest BCUT2D eigenvalue weighted by molar-refractivity contribution is -0.115. The van der Waals surface area contributed by atoms with E-state index in [4.69, 9.17) is 11.6 Å². The van der Waals surface area contributed by atoms with E-state index < -0.39 is 6.17 Å². The Balaban J connectivity index is 1.65. The SMILES string of the molecule is O=CC(N1CCN(c2ccc(F)cc2)CC1)n1cc(Cl)cn1. The first-order chi connectivity index (χ1) is 10.7. The number of aromatic nitrogens is 2. The minimum atomic E-state index is -0.442. The molecule has 0 amide bonds. The van der Waals surface area contributed by atoms with E-state index in [1.54, 1.807) is 23.0 Å². The standard InChI is InChI=1S/C15H16ClFN4O/c16-12-9-18-21(10-12)15(11-22)20-7-5-19(6-8-20)14-3-1-13(17)2-4-14/h1-4,9-11,15H,5-8H2. The second-order valence-corrected chi connectivity index (χ2v) is 5.62. The molecule has 1 unspecified atom stereocenters. The Morgan fingerprint density at radius 3 is 2.41 bits per heavy atom. The summed E-state index contributed by atoms with van der Waals surface area (Å²) < 4.78 is 14.5. The van der Waals surface area contributed by atoms with Crippen LogP contribution < -0.4 is 4.90 Å². The van der Waals surface area contributed by atoms with Crippen LogP contribution in [0.3, 0.4) is 0 Å². The Morgan fingerprint density at radius 1 is 1.18 bits per heavy atom. The van der Waals surface area contributed by atoms with Crippen LogP contribution in [0.4, 0.5) is 10.1 Å². The zero-order valence-corrected chi connectivity index (χ0v) is 12.7. The third kappa shape index (κ3) is 3.13. The minimum Gasteiger partial charge on any atom is -0.369 e. The molecule has 0 N–H and O–H groups in total. The van der Waals surface area contributed by atoms with E-state index in [-0.39, 0.29) is 5.82 Å². The predicted octanol–water partition coefficient (Wildman–Crippen LogP) is 2.20. The third-order valence-electron chi connectivity index (χ3n) is 3.84. The molecule has 0 radical (unpaired) electrons. The first kappa shape index (κ1) is 15.0. The van der Waals surface area contributed by atoms with Crippen LogP contribution in [-0.2, 0) is 4.79 Å². The zero-order valence-electron chi connectivity index (χ0n) is 11.9. The van der Waals surface area contributed by atoms with Crippen molar-refractivity contribution in [1.82, 2.24) is 14.7 Å². The number of aldehydes is 1. The van der Waals surface area contributed by atoms with Gasteiger partial charge in [-0.05, 0) is 24.3 Å². The summed E-state index contributed by atoms with van der Waals surface area (Å²) in [5.74, 6) is -0.237. The summed E-state index contributed by atoms with van der Waals surface area (Å²) in [6, 6.07) is 6.47. The summed E-state index contributed by atoms with van der Waals surface area (Å²) >= 11 is 5.86. The summed E-state index contributed by atoms with van der Waals surface area (Å²) in [4.78, 5) is 15.6. The highest BCUT2D eigenvalue weighted by atomic mass is 35.5. The average Bonchev–Trinajstić information content (AvgIpc) is 2.96. The number of nitrogens with zero attached hydrogens (tertiary/aromatic N) is 4. The van der Waals surface area contributed by atoms with Gasteiger partial charge in [0.05, 0.1) is 11.2 Å². The quantitative estimate of drug-likeness (QED) is 0.809. The van der Waals surface area contributed by atoms with Gasteiger partial charge in [-0.25, -0.2) is 9.07 Å². The maximum atomic E-state index is 13.0. The Morgan fingerprint density at radius 2 is 1.86 bits per heavy atom. The van der Waals surface area contributed by atoms with Crippen LogP contribution in [0.1, 0.15) is 6.17 Å². The van der Waals surface area contributed by atoms with E-state index in [2.05, 4.69) is 14.9 Å². The summed E-state index contributed by atoms with van der Waals surface area (Å²) in [5.41, 5.74) is 0.992. The number of anilines is 1. The molecule has 0 bridgehead atoms. The van der Waals surface area contributed by atoms with E-state index >= 15 is 0 Å². The topological polar surface area (TPSA) is 41.4 Å². The van der Waals surface area contributed by atoms with Crippen molar-refractivity contribution in [2.45, 2.75) is 6.17 Å². The molecule has 1 atom stereocenters. The van der Waals surface area contributed by atoms with Crippen molar-refractivity contribution in [2.24, 2.45) is 0 Å². The van der Waals surface area contributed by atoms with Crippen molar-refractivity contribution in [3.05, 3.63) is 47.5 Å². The van der Waals surface area contributed by atoms with Gasteiger partial charge >= 0.3 is 0 Å². The summed E-state index contributed by atoms with van der Waals surface area (Å²) in [6.07, 6.45) is 3.60. The molecular formula is C15H16ClFN4O. The van der Waals surface area contributed by atoms with Gasteiger partial charge in [-0.3, -0.25) is 9.69 Å². The monoisotopic (exact) mass is 322 g/mol. The fraction of sp³-hybridized carbons (Fsp3) is 0.333. The largest absolute Gasteiger partial charge is 0.369 e. The van der Waals surface area contributed by atoms with E-state index in [1.165, 1.54) is 18.3 Å². The maximum Gasteiger partial charge on any atom is 0.160 e. The molecule has 7 heteroatoms. The fourth-order valence-corrected chi connectivity index (χ4v) is 2.82. The van der Waals surface area contributed by atoms with Gasteiger partial charge in [-0.1, -0.05) is 11.6 Å². The van der Waals surface area contributed by atoms with Crippen molar-refractivity contribution in [3.8, 4) is 0 Å². The van der Waals surface area contributed by atoms with Gasteiger partial charge in [0.1, 0.15) is 5.82 Å². The number of hydrogen-bond donors (Lipinski definition) is 0. The number of carbonyl (C=O) groups excluding carboxylic acids is 1. The van der Waals surface area contributed by atoms with Crippen LogP contribution in [0.5, 0.6) is 0 Å². The predicted molar refractivity (Wildman–Crippen MR) is 82.5 cm³/mol. The summed E-state index contributed by atoms with van der Waals surface area (Å²) in [7, 11) is 0. The van der Waals surface area contributed by atoms with Gasteiger partial charge in [0.2, 0.25) is 0 Å². The lowest BCUT2D eigenvalue weighted by atomic mass is 10.2. The Kier molecular flexibility index (Phi) is 4.40. The lowest BCUT2D eigenvalue weighted by Gasteiger charge is -2.38. The van der Waals surface area contributed by atoms with Crippen LogP contribution in [0.25, 0.3) is 0 Å². The normalized spacial score (nSPS) is 17.5. The highest BCUT2D eigenvalue weighted by Crippen LogP contribution is 2.20. The molecule has 1 saturated heterocycles. The van der Waals surface area contributed by atoms with Crippen molar-refractivity contribution < 1.29 is 9.18 Å². The molecule has 0 saturated carbocycles. The molecule has 1 fully saturated rings. The molecule has 0 spiro atoms. The van der Waals surface area contributed by atoms with Gasteiger partial charge < -0.3 is 4.90 Å². The van der Waals surface area contributed by atoms with E-state index in [0.29, 0.717) is 5.02 Å². The molecule has 3 rings (SSSR count). The number of halogens is 2. The van der Waals surface area contributed by atoms with E-state index in [1.807, 2.05) is 0 Å². The molecule has 2 heterocycles. The van der Waals surface area contributed by atoms with Gasteiger partial charge in [0.25, 0.3) is 0 Å². The van der Waals surface area contributed by atoms with Crippen LogP contribution in [-0.4, -0.2) is 47.1 Å². The van der Waals surface area contributed by atoms with Gasteiger partial charge in [0, 0.05) is 38.1 Å². The number of hydrogen-bond acceptors (Lipinski definition) is 4. The highest BCUT2D eigenvalue weighted by molar-refractivity contribution is 6.30. The summed E-state index contributed by atoms with van der Waals surface area (Å²) in [6.45, 7) is 2.98. The first-order valence-electron chi connectivity index (χ1n) is 7.07. The first-order valence-corrected chi connectivity index (χ1v) is 7.44. The van der Waals surface area contributed by atoms with Crippen LogP contribution in [0.15, 0.2) is 36.7 Å². The molecule has 22 heavy (non-hydrogen) atoms. The maximum absolute atomic E-state index is 13.0. The Labute approximate surface area is 132 Å². The van der Waals surface area contributed by atoms with Crippen molar-refractivity contribution in [1.29, 1.82) is 0 Å². The number of rotatable bonds is 4. The van der Waals surface area contributed by atoms with Crippen LogP contribution in [0.2, 0.25) is 5.02 Å². The number of benzene rings is 1. The Hall–Kier alpha value is -1.92. The van der Waals surface area contributed by atoms with Crippen LogP contribution in [0, 0.1) is 5.82 Å². The van der Waals surface area contributed by atoms with Crippen molar-refractivity contribution >= 4 is 23.6 Å². The number of carbonyl (C=O) groups is 1. The molecule has 1 aromatic carbocycles. The van der Waals surface area contributed by atoms with E-state index in [9.17, 15) is 9.18 Å². The minimum absolute atomic E-state index is 0.237. The van der Waals surface area contributed by atoms with Crippen LogP contribution >= 0.6 is 11.6 Å². The molecule has 1 aliphatic rings. The molecule has 1 aliphatic heterocycles. The van der Waals surface area contributed by atoms with E-state index in [0.717, 1.165) is 38.2 Å². The number of piperazine rings is 1. The summed E-state index contributed by atoms with van der Waals surface area (Å²) in [5, 5.41) is 4.62. The average molecular weight is 323 g/mol. The fourth-order valence-electron chi connectivity index (χ4n) is 2.67. The van der Waals surface area contributed by atoms with Crippen molar-refractivity contribution in [2.75, 3.05) is 31.1 Å². The van der Waals surface area contributed by atoms with Gasteiger partial charge in [-0.2, -0.15) is 5.10 Å². The second kappa shape index (κ2) is 6.46. The Bertz CT molecular complexity index is 637. The molecule has 2 aromatic rings. The molecule has 0 aliphatic carbocycles. The molecule has 5 nitrogen and oxygen atoms in total. The second-order valence-electron chi connectivity index (χ2n) is 5.19. The molecule has 116 valence electrons. The van der Waals surface area contributed by atoms with Gasteiger partial charge in [-0.15, -0.1) is 0 Å². The smallest absolute Gasteiger partial charge is 0.160 e. The van der Waals surface area contributed by atoms with Crippen molar-refractivity contribution in [3.63, 3.8) is 0 Å². The highest BCUT2D eigenvalue weighted by Gasteiger charge is 2.25. The molecule has 1 aromatic heterocycles. The zero-order chi connectivity index (χ0) is 15.5. The van der Waals surface area contributed by atoms with Gasteiger partial charge in [0.15, 0.2) is 12.5 Å².